The Morgan fingerprint density at radius 1 is 0.867 bits per heavy atom. The molecular weight excluding hydrogens is 382 g/mol. The van der Waals surface area contributed by atoms with Gasteiger partial charge in [0, 0.05) is 18.1 Å². The number of hydrogen-bond donors (Lipinski definition) is 3. The Morgan fingerprint density at radius 2 is 1.57 bits per heavy atom. The molecule has 3 aromatic rings. The van der Waals surface area contributed by atoms with E-state index < -0.39 is 17.7 Å². The highest BCUT2D eigenvalue weighted by atomic mass is 16.2. The van der Waals surface area contributed by atoms with E-state index in [9.17, 15) is 14.4 Å². The van der Waals surface area contributed by atoms with Crippen molar-refractivity contribution in [1.82, 2.24) is 10.4 Å². The second-order valence-corrected chi connectivity index (χ2v) is 6.30. The average molecular weight is 401 g/mol. The van der Waals surface area contributed by atoms with Crippen LogP contribution in [-0.2, 0) is 9.59 Å². The molecule has 1 heterocycles. The molecular formula is C22H19N5O3. The maximum Gasteiger partial charge on any atom is 0.329 e. The monoisotopic (exact) mass is 401 g/mol. The predicted molar refractivity (Wildman–Crippen MR) is 114 cm³/mol. The van der Waals surface area contributed by atoms with Gasteiger partial charge in [0.2, 0.25) is 0 Å². The van der Waals surface area contributed by atoms with Gasteiger partial charge in [0.25, 0.3) is 5.91 Å². The third-order valence-corrected chi connectivity index (χ3v) is 4.02. The van der Waals surface area contributed by atoms with Gasteiger partial charge in [-0.25, -0.2) is 5.43 Å². The van der Waals surface area contributed by atoms with E-state index in [4.69, 9.17) is 0 Å². The van der Waals surface area contributed by atoms with Crippen LogP contribution in [0.5, 0.6) is 0 Å². The van der Waals surface area contributed by atoms with E-state index in [1.807, 2.05) is 19.1 Å². The molecule has 30 heavy (non-hydrogen) atoms. The number of nitrogens with zero attached hydrogens (tertiary/aromatic N) is 2. The Balaban J connectivity index is 1.64. The Labute approximate surface area is 173 Å². The number of aromatic nitrogens is 1. The van der Waals surface area contributed by atoms with Gasteiger partial charge < -0.3 is 10.6 Å². The third kappa shape index (κ3) is 5.59. The summed E-state index contributed by atoms with van der Waals surface area (Å²) in [6.07, 6.45) is 4.54. The average Bonchev–Trinajstić information content (AvgIpc) is 2.76. The van der Waals surface area contributed by atoms with Crippen LogP contribution < -0.4 is 16.1 Å². The Hall–Kier alpha value is -4.33. The minimum absolute atomic E-state index is 0.209. The van der Waals surface area contributed by atoms with E-state index in [0.717, 1.165) is 5.56 Å². The number of amides is 3. The molecule has 0 saturated heterocycles. The molecule has 3 amide bonds. The van der Waals surface area contributed by atoms with Crippen molar-refractivity contribution in [3.05, 3.63) is 89.7 Å². The molecule has 0 unspecified atom stereocenters. The number of hydrazone groups is 1. The largest absolute Gasteiger partial charge is 0.329 e. The van der Waals surface area contributed by atoms with Crippen LogP contribution >= 0.6 is 0 Å². The second kappa shape index (κ2) is 9.74. The van der Waals surface area contributed by atoms with Crippen LogP contribution in [0, 0.1) is 6.92 Å². The van der Waals surface area contributed by atoms with Gasteiger partial charge in [-0.1, -0.05) is 29.8 Å². The summed E-state index contributed by atoms with van der Waals surface area (Å²) < 4.78 is 0. The molecule has 0 fully saturated rings. The number of nitrogens with one attached hydrogen (secondary N) is 3. The van der Waals surface area contributed by atoms with Crippen LogP contribution in [-0.4, -0.2) is 28.9 Å². The maximum atomic E-state index is 12.6. The van der Waals surface area contributed by atoms with Gasteiger partial charge in [-0.05, 0) is 48.9 Å². The summed E-state index contributed by atoms with van der Waals surface area (Å²) in [5.41, 5.74) is 4.97. The normalized spacial score (nSPS) is 10.4. The maximum absolute atomic E-state index is 12.6. The zero-order chi connectivity index (χ0) is 21.3. The van der Waals surface area contributed by atoms with Gasteiger partial charge in [0.05, 0.1) is 17.5 Å². The van der Waals surface area contributed by atoms with E-state index in [1.54, 1.807) is 54.9 Å². The van der Waals surface area contributed by atoms with E-state index in [-0.39, 0.29) is 11.3 Å². The van der Waals surface area contributed by atoms with Crippen molar-refractivity contribution >= 4 is 35.3 Å². The number of hydrogen-bond acceptors (Lipinski definition) is 5. The van der Waals surface area contributed by atoms with Gasteiger partial charge >= 0.3 is 11.8 Å². The topological polar surface area (TPSA) is 113 Å². The van der Waals surface area contributed by atoms with Crippen LogP contribution in [0.1, 0.15) is 21.5 Å². The molecule has 0 saturated carbocycles. The molecule has 0 aliphatic heterocycles. The zero-order valence-electron chi connectivity index (χ0n) is 16.1. The highest BCUT2D eigenvalue weighted by molar-refractivity contribution is 6.40. The summed E-state index contributed by atoms with van der Waals surface area (Å²) >= 11 is 0. The number of carbonyl (C=O) groups excluding carboxylic acids is 3. The number of pyridine rings is 1. The lowest BCUT2D eigenvalue weighted by Crippen LogP contribution is -2.33. The number of benzene rings is 2. The first-order valence-corrected chi connectivity index (χ1v) is 9.04. The summed E-state index contributed by atoms with van der Waals surface area (Å²) in [6, 6.07) is 17.1. The number of para-hydroxylation sites is 1. The molecule has 0 aliphatic rings. The van der Waals surface area contributed by atoms with Crippen molar-refractivity contribution in [2.45, 2.75) is 6.92 Å². The van der Waals surface area contributed by atoms with Gasteiger partial charge in [-0.3, -0.25) is 19.4 Å². The Bertz CT molecular complexity index is 1080. The highest BCUT2D eigenvalue weighted by Gasteiger charge is 2.17. The molecule has 2 aromatic carbocycles. The van der Waals surface area contributed by atoms with Crippen molar-refractivity contribution in [3.8, 4) is 0 Å². The quantitative estimate of drug-likeness (QED) is 0.347. The minimum atomic E-state index is -0.964. The van der Waals surface area contributed by atoms with Crippen LogP contribution in [0.4, 0.5) is 11.4 Å². The van der Waals surface area contributed by atoms with E-state index >= 15 is 0 Å². The van der Waals surface area contributed by atoms with Crippen molar-refractivity contribution < 1.29 is 14.4 Å². The van der Waals surface area contributed by atoms with Crippen LogP contribution in [0.3, 0.4) is 0 Å². The molecule has 8 nitrogen and oxygen atoms in total. The number of carbonyl (C=O) groups is 3. The lowest BCUT2D eigenvalue weighted by atomic mass is 10.1. The Morgan fingerprint density at radius 3 is 2.30 bits per heavy atom. The molecule has 0 radical (unpaired) electrons. The first-order valence-electron chi connectivity index (χ1n) is 9.04. The Kier molecular flexibility index (Phi) is 6.63. The van der Waals surface area contributed by atoms with Crippen LogP contribution in [0.25, 0.3) is 0 Å². The second-order valence-electron chi connectivity index (χ2n) is 6.30. The van der Waals surface area contributed by atoms with Gasteiger partial charge in [-0.15, -0.1) is 0 Å². The van der Waals surface area contributed by atoms with Gasteiger partial charge in [0.1, 0.15) is 0 Å². The summed E-state index contributed by atoms with van der Waals surface area (Å²) in [4.78, 5) is 40.7. The van der Waals surface area contributed by atoms with Crippen molar-refractivity contribution in [1.29, 1.82) is 0 Å². The highest BCUT2D eigenvalue weighted by Crippen LogP contribution is 2.18. The molecule has 3 N–H and O–H groups in total. The SMILES string of the molecule is Cc1ccc(NC(=O)c2ccccc2NC(=O)C(=O)NN=Cc2ccncc2)cc1. The van der Waals surface area contributed by atoms with E-state index in [2.05, 4.69) is 26.1 Å². The first kappa shape index (κ1) is 20.4. The molecule has 0 atom stereocenters. The summed E-state index contributed by atoms with van der Waals surface area (Å²) in [7, 11) is 0. The standard InChI is InChI=1S/C22H19N5O3/c1-15-6-8-17(9-7-15)25-20(28)18-4-2-3-5-19(18)26-21(29)22(30)27-24-14-16-10-12-23-13-11-16/h2-14H,1H3,(H,25,28)(H,26,29)(H,27,30). The summed E-state index contributed by atoms with van der Waals surface area (Å²) in [5.74, 6) is -2.32. The minimum Gasteiger partial charge on any atom is -0.322 e. The fraction of sp³-hybridized carbons (Fsp3) is 0.0455. The fourth-order valence-electron chi connectivity index (χ4n) is 2.47. The molecule has 0 aliphatic carbocycles. The number of rotatable bonds is 5. The van der Waals surface area contributed by atoms with Crippen molar-refractivity contribution in [2.75, 3.05) is 10.6 Å². The summed E-state index contributed by atoms with van der Waals surface area (Å²) in [5, 5.41) is 8.93. The zero-order valence-corrected chi connectivity index (χ0v) is 16.1. The fourth-order valence-corrected chi connectivity index (χ4v) is 2.47. The molecule has 3 rings (SSSR count). The third-order valence-electron chi connectivity index (χ3n) is 4.02. The molecule has 0 spiro atoms. The molecule has 8 heteroatoms. The number of anilines is 2. The smallest absolute Gasteiger partial charge is 0.322 e. The molecule has 150 valence electrons. The lowest BCUT2D eigenvalue weighted by molar-refractivity contribution is -0.136. The first-order chi connectivity index (χ1) is 14.5. The number of aryl methyl sites for hydroxylation is 1. The van der Waals surface area contributed by atoms with Gasteiger partial charge in [-0.2, -0.15) is 5.10 Å². The van der Waals surface area contributed by atoms with E-state index in [1.165, 1.54) is 12.3 Å². The lowest BCUT2D eigenvalue weighted by Gasteiger charge is -2.11. The van der Waals surface area contributed by atoms with Crippen molar-refractivity contribution in [3.63, 3.8) is 0 Å². The van der Waals surface area contributed by atoms with E-state index in [0.29, 0.717) is 11.3 Å². The predicted octanol–water partition coefficient (Wildman–Crippen LogP) is 2.73. The summed E-state index contributed by atoms with van der Waals surface area (Å²) in [6.45, 7) is 1.95. The molecule has 0 bridgehead atoms. The van der Waals surface area contributed by atoms with Crippen molar-refractivity contribution in [2.24, 2.45) is 5.10 Å². The van der Waals surface area contributed by atoms with Crippen LogP contribution in [0.15, 0.2) is 78.2 Å². The van der Waals surface area contributed by atoms with Gasteiger partial charge in [0.15, 0.2) is 0 Å². The molecule has 1 aromatic heterocycles. The van der Waals surface area contributed by atoms with Crippen LogP contribution in [0.2, 0.25) is 0 Å².